The Labute approximate surface area is 184 Å². The average molecular weight is 432 g/mol. The molecule has 1 aromatic carbocycles. The lowest BCUT2D eigenvalue weighted by Crippen LogP contribution is -2.27. The molecule has 7 heteroatoms. The van der Waals surface area contributed by atoms with Gasteiger partial charge in [0.15, 0.2) is 0 Å². The van der Waals surface area contributed by atoms with Crippen LogP contribution in [0.1, 0.15) is 75.1 Å². The number of hydrogen-bond donors (Lipinski definition) is 3. The van der Waals surface area contributed by atoms with Gasteiger partial charge in [0.05, 0.1) is 17.9 Å². The van der Waals surface area contributed by atoms with Gasteiger partial charge in [-0.15, -0.1) is 0 Å². The average Bonchev–Trinajstić information content (AvgIpc) is 3.27. The predicted molar refractivity (Wildman–Crippen MR) is 121 cm³/mol. The fourth-order valence-electron chi connectivity index (χ4n) is 4.34. The molecule has 2 aliphatic carbocycles. The Kier molecular flexibility index (Phi) is 8.74. The van der Waals surface area contributed by atoms with Crippen LogP contribution in [0.3, 0.4) is 0 Å². The molecule has 0 bridgehead atoms. The first kappa shape index (κ1) is 23.1. The van der Waals surface area contributed by atoms with E-state index in [1.54, 1.807) is 13.0 Å². The lowest BCUT2D eigenvalue weighted by molar-refractivity contribution is -0.137. The highest BCUT2D eigenvalue weighted by Crippen LogP contribution is 2.30. The van der Waals surface area contributed by atoms with Crippen molar-refractivity contribution < 1.29 is 18.7 Å². The molecule has 1 aromatic rings. The predicted octanol–water partition coefficient (Wildman–Crippen LogP) is 4.77. The third kappa shape index (κ3) is 6.97. The van der Waals surface area contributed by atoms with Crippen LogP contribution in [0.15, 0.2) is 24.3 Å². The summed E-state index contributed by atoms with van der Waals surface area (Å²) in [6.45, 7) is 2.18. The van der Waals surface area contributed by atoms with Crippen molar-refractivity contribution in [3.63, 3.8) is 0 Å². The molecule has 2 fully saturated rings. The number of carbonyl (C=O) groups excluding carboxylic acids is 2. The van der Waals surface area contributed by atoms with Crippen molar-refractivity contribution in [1.29, 1.82) is 0 Å². The lowest BCUT2D eigenvalue weighted by Gasteiger charge is -2.25. The zero-order chi connectivity index (χ0) is 22.1. The van der Waals surface area contributed by atoms with E-state index in [9.17, 15) is 14.0 Å². The van der Waals surface area contributed by atoms with E-state index in [1.807, 2.05) is 0 Å². The standard InChI is InChI=1S/C24H34FN3O3/c1-2-31-23(29)13-8-14-26-24(30)19-15-20(25)22(28-18-9-4-3-5-10-18)16-21(19)27-17-11-6-7-12-17/h8,13,15-18,27-28H,2-7,9-12,14H2,1H3,(H,26,30)/b13-8+. The number of ether oxygens (including phenoxy) is 1. The van der Waals surface area contributed by atoms with Crippen LogP contribution in [0.5, 0.6) is 0 Å². The molecule has 3 N–H and O–H groups in total. The Balaban J connectivity index is 1.72. The molecule has 0 aliphatic heterocycles. The van der Waals surface area contributed by atoms with Crippen LogP contribution in [-0.4, -0.2) is 37.1 Å². The van der Waals surface area contributed by atoms with Crippen LogP contribution < -0.4 is 16.0 Å². The highest BCUT2D eigenvalue weighted by atomic mass is 19.1. The Morgan fingerprint density at radius 1 is 1.00 bits per heavy atom. The minimum absolute atomic E-state index is 0.157. The molecular weight excluding hydrogens is 397 g/mol. The molecule has 0 unspecified atom stereocenters. The first-order valence-electron chi connectivity index (χ1n) is 11.5. The van der Waals surface area contributed by atoms with Crippen LogP contribution in [0, 0.1) is 5.82 Å². The molecule has 0 radical (unpaired) electrons. The SMILES string of the molecule is CCOC(=O)/C=C/CNC(=O)c1cc(F)c(NC2CCCCC2)cc1NC1CCCC1. The van der Waals surface area contributed by atoms with Gasteiger partial charge in [-0.1, -0.05) is 38.2 Å². The summed E-state index contributed by atoms with van der Waals surface area (Å²) in [7, 11) is 0. The first-order valence-corrected chi connectivity index (χ1v) is 11.5. The number of nitrogens with one attached hydrogen (secondary N) is 3. The Hall–Kier alpha value is -2.57. The second kappa shape index (κ2) is 11.7. The van der Waals surface area contributed by atoms with Gasteiger partial charge < -0.3 is 20.7 Å². The van der Waals surface area contributed by atoms with Gasteiger partial charge in [0.1, 0.15) is 5.82 Å². The maximum Gasteiger partial charge on any atom is 0.330 e. The summed E-state index contributed by atoms with van der Waals surface area (Å²) in [4.78, 5) is 24.1. The minimum atomic E-state index is -0.454. The van der Waals surface area contributed by atoms with Gasteiger partial charge in [0.25, 0.3) is 5.91 Å². The summed E-state index contributed by atoms with van der Waals surface area (Å²) in [5, 5.41) is 9.54. The summed E-state index contributed by atoms with van der Waals surface area (Å²) in [5.74, 6) is -1.25. The van der Waals surface area contributed by atoms with Crippen LogP contribution >= 0.6 is 0 Å². The van der Waals surface area contributed by atoms with E-state index < -0.39 is 11.8 Å². The van der Waals surface area contributed by atoms with Crippen molar-refractivity contribution in [2.75, 3.05) is 23.8 Å². The van der Waals surface area contributed by atoms with Crippen LogP contribution in [0.25, 0.3) is 0 Å². The van der Waals surface area contributed by atoms with Crippen molar-refractivity contribution in [3.8, 4) is 0 Å². The summed E-state index contributed by atoms with van der Waals surface area (Å²) in [5.41, 5.74) is 1.38. The summed E-state index contributed by atoms with van der Waals surface area (Å²) >= 11 is 0. The number of halogens is 1. The number of esters is 1. The van der Waals surface area contributed by atoms with Crippen molar-refractivity contribution in [3.05, 3.63) is 35.7 Å². The van der Waals surface area contributed by atoms with E-state index in [2.05, 4.69) is 16.0 Å². The highest BCUT2D eigenvalue weighted by molar-refractivity contribution is 6.00. The van der Waals surface area contributed by atoms with Crippen LogP contribution in [0.4, 0.5) is 15.8 Å². The molecular formula is C24H34FN3O3. The number of amides is 1. The van der Waals surface area contributed by atoms with Crippen LogP contribution in [0.2, 0.25) is 0 Å². The molecule has 0 spiro atoms. The molecule has 31 heavy (non-hydrogen) atoms. The Morgan fingerprint density at radius 3 is 2.26 bits per heavy atom. The Bertz CT molecular complexity index is 785. The maximum absolute atomic E-state index is 14.9. The molecule has 1 amide bonds. The largest absolute Gasteiger partial charge is 0.463 e. The maximum atomic E-state index is 14.9. The van der Waals surface area contributed by atoms with Gasteiger partial charge in [-0.3, -0.25) is 4.79 Å². The zero-order valence-corrected chi connectivity index (χ0v) is 18.3. The molecule has 0 aromatic heterocycles. The normalized spacial score (nSPS) is 17.6. The van der Waals surface area contributed by atoms with Gasteiger partial charge in [-0.2, -0.15) is 0 Å². The second-order valence-corrected chi connectivity index (χ2v) is 8.35. The molecule has 2 aliphatic rings. The lowest BCUT2D eigenvalue weighted by atomic mass is 9.95. The zero-order valence-electron chi connectivity index (χ0n) is 18.3. The van der Waals surface area contributed by atoms with E-state index in [0.717, 1.165) is 51.4 Å². The number of rotatable bonds is 9. The monoisotopic (exact) mass is 431 g/mol. The van der Waals surface area contributed by atoms with Crippen molar-refractivity contribution in [2.24, 2.45) is 0 Å². The third-order valence-corrected chi connectivity index (χ3v) is 5.95. The topological polar surface area (TPSA) is 79.5 Å². The van der Waals surface area contributed by atoms with E-state index in [4.69, 9.17) is 4.74 Å². The van der Waals surface area contributed by atoms with Crippen molar-refractivity contribution in [1.82, 2.24) is 5.32 Å². The van der Waals surface area contributed by atoms with Gasteiger partial charge >= 0.3 is 5.97 Å². The van der Waals surface area contributed by atoms with E-state index in [1.165, 1.54) is 24.6 Å². The highest BCUT2D eigenvalue weighted by Gasteiger charge is 2.22. The molecule has 0 heterocycles. The molecule has 0 atom stereocenters. The van der Waals surface area contributed by atoms with E-state index in [0.29, 0.717) is 24.0 Å². The second-order valence-electron chi connectivity index (χ2n) is 8.35. The molecule has 6 nitrogen and oxygen atoms in total. The number of anilines is 2. The van der Waals surface area contributed by atoms with Gasteiger partial charge in [-0.25, -0.2) is 9.18 Å². The fourth-order valence-corrected chi connectivity index (χ4v) is 4.34. The summed E-state index contributed by atoms with van der Waals surface area (Å²) < 4.78 is 19.7. The quantitative estimate of drug-likeness (QED) is 0.388. The third-order valence-electron chi connectivity index (χ3n) is 5.95. The smallest absolute Gasteiger partial charge is 0.330 e. The van der Waals surface area contributed by atoms with Crippen LogP contribution in [-0.2, 0) is 9.53 Å². The van der Waals surface area contributed by atoms with E-state index in [-0.39, 0.29) is 24.1 Å². The number of hydrogen-bond acceptors (Lipinski definition) is 5. The number of carbonyl (C=O) groups is 2. The van der Waals surface area contributed by atoms with E-state index >= 15 is 0 Å². The van der Waals surface area contributed by atoms with Gasteiger partial charge in [0, 0.05) is 30.4 Å². The van der Waals surface area contributed by atoms with Gasteiger partial charge in [0.2, 0.25) is 0 Å². The fraction of sp³-hybridized carbons (Fsp3) is 0.583. The minimum Gasteiger partial charge on any atom is -0.463 e. The Morgan fingerprint density at radius 2 is 1.61 bits per heavy atom. The first-order chi connectivity index (χ1) is 15.1. The summed E-state index contributed by atoms with van der Waals surface area (Å²) in [6.07, 6.45) is 12.8. The summed E-state index contributed by atoms with van der Waals surface area (Å²) in [6, 6.07) is 3.62. The van der Waals surface area contributed by atoms with Gasteiger partial charge in [-0.05, 0) is 44.7 Å². The van der Waals surface area contributed by atoms with Crippen molar-refractivity contribution in [2.45, 2.75) is 76.8 Å². The molecule has 170 valence electrons. The van der Waals surface area contributed by atoms with Crippen molar-refractivity contribution >= 4 is 23.3 Å². The molecule has 2 saturated carbocycles. The number of benzene rings is 1. The molecule has 3 rings (SSSR count). The molecule has 0 saturated heterocycles.